The fourth-order valence-electron chi connectivity index (χ4n) is 17.3. The van der Waals surface area contributed by atoms with Gasteiger partial charge in [-0.25, -0.2) is 57.5 Å². The predicted octanol–water partition coefficient (Wildman–Crippen LogP) is 15.3. The predicted molar refractivity (Wildman–Crippen MR) is 565 cm³/mol. The summed E-state index contributed by atoms with van der Waals surface area (Å²) in [4.78, 5) is 118. The van der Waals surface area contributed by atoms with Gasteiger partial charge in [0.05, 0.1) is 38.2 Å². The molecule has 21 rings (SSSR count). The zero-order chi connectivity index (χ0) is 100. The van der Waals surface area contributed by atoms with Gasteiger partial charge in [0.2, 0.25) is 0 Å². The Morgan fingerprint density at radius 1 is 0.354 bits per heavy atom. The minimum atomic E-state index is -0.375. The highest BCUT2D eigenvalue weighted by Crippen LogP contribution is 2.35. The van der Waals surface area contributed by atoms with Crippen molar-refractivity contribution in [3.8, 4) is 34.2 Å². The van der Waals surface area contributed by atoms with Gasteiger partial charge in [-0.2, -0.15) is 25.5 Å². The largest absolute Gasteiger partial charge is 0.340 e. The number of nitrogens with zero attached hydrogens (tertiary/aromatic N) is 24. The average Bonchev–Trinajstić information content (AvgIpc) is 1.60. The summed E-state index contributed by atoms with van der Waals surface area (Å²) >= 11 is 0. The van der Waals surface area contributed by atoms with Crippen molar-refractivity contribution in [2.75, 3.05) is 21.3 Å². The van der Waals surface area contributed by atoms with Gasteiger partial charge in [0.1, 0.15) is 56.5 Å². The number of fused-ring (bicyclic) bond motifs is 4. The van der Waals surface area contributed by atoms with E-state index in [0.29, 0.717) is 126 Å². The molecule has 1 aliphatic carbocycles. The molecule has 736 valence electrons. The Kier molecular flexibility index (Phi) is 28.5. The summed E-state index contributed by atoms with van der Waals surface area (Å²) < 4.78 is 25.9. The van der Waals surface area contributed by atoms with Crippen LogP contribution in [0.3, 0.4) is 0 Å². The Balaban J connectivity index is 0.000000131. The molecule has 0 radical (unpaired) electrons. The monoisotopic (exact) mass is 1930 g/mol. The molecular weight excluding hydrogens is 1820 g/mol. The molecule has 144 heavy (non-hydrogen) atoms. The fraction of sp³-hybridized carbons (Fsp3) is 0.259. The highest BCUT2D eigenvalue weighted by Gasteiger charge is 2.31. The van der Waals surface area contributed by atoms with Crippen molar-refractivity contribution in [3.63, 3.8) is 0 Å². The van der Waals surface area contributed by atoms with Gasteiger partial charge in [0.15, 0.2) is 22.6 Å². The molecule has 8 aromatic carbocycles. The van der Waals surface area contributed by atoms with Crippen LogP contribution in [0.15, 0.2) is 319 Å². The van der Waals surface area contributed by atoms with Crippen LogP contribution in [0.25, 0.3) is 78.3 Å². The smallest absolute Gasteiger partial charge is 0.332 e. The molecule has 12 heterocycles. The highest BCUT2D eigenvalue weighted by molar-refractivity contribution is 5.92. The summed E-state index contributed by atoms with van der Waals surface area (Å²) in [7, 11) is 10.0. The summed E-state index contributed by atoms with van der Waals surface area (Å²) in [6, 6.07) is 72.8. The van der Waals surface area contributed by atoms with Crippen LogP contribution in [-0.2, 0) is 94.6 Å². The van der Waals surface area contributed by atoms with Crippen LogP contribution in [0.5, 0.6) is 0 Å². The summed E-state index contributed by atoms with van der Waals surface area (Å²) in [5, 5.41) is 38.6. The first-order valence-corrected chi connectivity index (χ1v) is 47.3. The maximum absolute atomic E-state index is 13.4. The van der Waals surface area contributed by atoms with Crippen LogP contribution in [-0.4, -0.2) is 114 Å². The first-order chi connectivity index (χ1) is 68.9. The number of anilines is 8. The molecule has 20 aromatic rings. The molecular formula is C108H116N28O8. The van der Waals surface area contributed by atoms with Crippen molar-refractivity contribution in [1.29, 1.82) is 0 Å². The van der Waals surface area contributed by atoms with Gasteiger partial charge >= 0.3 is 22.8 Å². The van der Waals surface area contributed by atoms with Crippen molar-refractivity contribution >= 4 is 90.2 Å². The van der Waals surface area contributed by atoms with E-state index in [4.69, 9.17) is 20.4 Å². The van der Waals surface area contributed by atoms with Gasteiger partial charge in [-0.05, 0) is 137 Å². The lowest BCUT2D eigenvalue weighted by Gasteiger charge is -2.20. The Morgan fingerprint density at radius 3 is 0.972 bits per heavy atom. The van der Waals surface area contributed by atoms with Crippen molar-refractivity contribution in [1.82, 2.24) is 114 Å². The molecule has 36 nitrogen and oxygen atoms in total. The molecule has 36 heteroatoms. The van der Waals surface area contributed by atoms with Crippen molar-refractivity contribution in [2.24, 2.45) is 65.5 Å². The lowest BCUT2D eigenvalue weighted by Crippen LogP contribution is -2.40. The van der Waals surface area contributed by atoms with Crippen molar-refractivity contribution in [2.45, 2.75) is 121 Å². The molecule has 0 spiro atoms. The molecule has 1 saturated carbocycles. The second-order valence-corrected chi connectivity index (χ2v) is 38.0. The molecule has 12 aromatic heterocycles. The summed E-state index contributed by atoms with van der Waals surface area (Å²) in [6.07, 6.45) is 18.6. The van der Waals surface area contributed by atoms with Crippen LogP contribution < -0.4 is 66.3 Å². The van der Waals surface area contributed by atoms with E-state index in [9.17, 15) is 38.4 Å². The quantitative estimate of drug-likeness (QED) is 0.0371. The summed E-state index contributed by atoms with van der Waals surface area (Å²) in [5.41, 5.74) is 9.83. The minimum absolute atomic E-state index is 0. The number of imidazole rings is 3. The third kappa shape index (κ3) is 21.0. The van der Waals surface area contributed by atoms with Gasteiger partial charge in [0, 0.05) is 158 Å². The Morgan fingerprint density at radius 2 is 0.674 bits per heavy atom. The average molecular weight is 1930 g/mol. The number of benzene rings is 8. The van der Waals surface area contributed by atoms with Crippen molar-refractivity contribution in [3.05, 3.63) is 386 Å². The maximum atomic E-state index is 13.4. The first kappa shape index (κ1) is 98.0. The Hall–Kier alpha value is -17.6. The molecule has 0 atom stereocenters. The number of aryl methyl sites for hydroxylation is 2. The third-order valence-electron chi connectivity index (χ3n) is 24.8. The first-order valence-electron chi connectivity index (χ1n) is 47.3. The van der Waals surface area contributed by atoms with E-state index in [2.05, 4.69) is 62.1 Å². The van der Waals surface area contributed by atoms with Crippen LogP contribution in [0, 0.1) is 23.2 Å². The second kappa shape index (κ2) is 41.8. The third-order valence-corrected chi connectivity index (χ3v) is 24.8. The fourth-order valence-corrected chi connectivity index (χ4v) is 17.3. The van der Waals surface area contributed by atoms with E-state index >= 15 is 0 Å². The van der Waals surface area contributed by atoms with Gasteiger partial charge < -0.3 is 35.0 Å². The molecule has 1 fully saturated rings. The number of aromatic nitrogens is 24. The normalized spacial score (nSPS) is 11.9. The SMILES string of the molecule is C.CC(C)Cn1c(=O)n(C)c(=O)c2c(Nc3ccccc3)n(Cc3ccc(-c4nccn4C)cc3)nc21.CC(C)Cn1c(=O)n(C)c(=O)c2c(Nc3ccccc3)n(Cc3ccc(-n4ccnc4)cc3)nc21.Cn1c(=O)c2c(Nc3ccccc3)n(Cc3ccc(-n4cccn4)cc3)nc2n(CC2CC2)c1=O.Cn1ccnc1-c1ccc(Cn2nc3c(c2Nc2ccccc2)c(=O)n(C)c(=O)n3CC(C)(C)C)cc1. The Labute approximate surface area is 827 Å². The number of para-hydroxylation sites is 4. The lowest BCUT2D eigenvalue weighted by atomic mass is 9.97. The molecule has 1 aliphatic rings. The van der Waals surface area contributed by atoms with Gasteiger partial charge in [0.25, 0.3) is 22.2 Å². The van der Waals surface area contributed by atoms with Gasteiger partial charge in [-0.3, -0.25) is 55.7 Å². The van der Waals surface area contributed by atoms with Crippen LogP contribution in [0.2, 0.25) is 0 Å². The minimum Gasteiger partial charge on any atom is -0.340 e. The number of hydrogen-bond donors (Lipinski definition) is 4. The van der Waals surface area contributed by atoms with E-state index in [1.54, 1.807) is 72.8 Å². The summed E-state index contributed by atoms with van der Waals surface area (Å²) in [6.45, 7) is 17.9. The number of hydrogen-bond acceptors (Lipinski definition) is 20. The molecule has 0 amide bonds. The van der Waals surface area contributed by atoms with Crippen LogP contribution in [0.1, 0.15) is 91.0 Å². The standard InChI is InChI=1S/C28H31N7O2.C27H29N7O2.C26H25N7O2.C26H27N7O2.CH4/c1-28(2,3)18-34-25-22(26(36)33(5)27(34)37)24(30-21-9-7-6-8-10-21)35(31-25)17-19-11-13-20(14-12-19)23-29-15-16-32(23)4;1-18(2)16-33-25-22(26(35)32(4)27(33)36)24(29-21-8-6-5-7-9-21)34(30-25)17-19-10-12-20(13-11-19)23-28-14-15-31(23)3;1-30-25(34)22-23(28-20-6-3-2-4-7-20)33(29-24(22)31(26(30)35)16-18-8-9-18)17-19-10-12-21(13-11-19)32-15-5-14-27-32;1-18(2)15-32-24-22(25(34)30(3)26(32)35)23(28-20-7-5-4-6-8-20)33(29-24)16-19-9-11-21(12-10-19)31-14-13-27-17-31;/h6-16,30H,17-18H2,1-5H3;5-15,18,29H,16-17H2,1-4H3;2-7,10-15,18,28H,8-9,16-17H2,1H3;4-14,17-18,28H,15-16H2,1-3H3;1H4. The topological polar surface area (TPSA) is 367 Å². The van der Waals surface area contributed by atoms with E-state index in [-0.39, 0.29) is 69.7 Å². The van der Waals surface area contributed by atoms with Crippen LogP contribution in [0.4, 0.5) is 46.0 Å². The second-order valence-electron chi connectivity index (χ2n) is 38.0. The Bertz CT molecular complexity index is 8260. The zero-order valence-electron chi connectivity index (χ0n) is 81.9. The van der Waals surface area contributed by atoms with E-state index < -0.39 is 0 Å². The van der Waals surface area contributed by atoms with E-state index in [0.717, 1.165) is 106 Å². The molecule has 4 N–H and O–H groups in total. The summed E-state index contributed by atoms with van der Waals surface area (Å²) in [5.74, 6) is 4.89. The van der Waals surface area contributed by atoms with Gasteiger partial charge in [-0.15, -0.1) is 0 Å². The number of nitrogens with one attached hydrogen (secondary N) is 4. The zero-order valence-corrected chi connectivity index (χ0v) is 81.9. The molecule has 0 saturated heterocycles. The number of rotatable bonds is 27. The lowest BCUT2D eigenvalue weighted by molar-refractivity contribution is 0.337. The van der Waals surface area contributed by atoms with Gasteiger partial charge in [-0.1, -0.05) is 201 Å². The molecule has 0 unspecified atom stereocenters. The van der Waals surface area contributed by atoms with Crippen LogP contribution >= 0.6 is 0 Å². The van der Waals surface area contributed by atoms with Crippen molar-refractivity contribution < 1.29 is 0 Å². The molecule has 0 bridgehead atoms. The van der Waals surface area contributed by atoms with E-state index in [1.165, 1.54) is 32.8 Å². The maximum Gasteiger partial charge on any atom is 0.332 e. The van der Waals surface area contributed by atoms with E-state index in [1.807, 2.05) is 305 Å². The molecule has 0 aliphatic heterocycles. The highest BCUT2D eigenvalue weighted by atomic mass is 16.2.